The molecule has 24 heavy (non-hydrogen) atoms. The van der Waals surface area contributed by atoms with Crippen LogP contribution in [0, 0.1) is 6.92 Å². The van der Waals surface area contributed by atoms with E-state index in [1.54, 1.807) is 18.3 Å². The van der Waals surface area contributed by atoms with Crippen molar-refractivity contribution >= 4 is 21.1 Å². The first-order valence-corrected chi connectivity index (χ1v) is 9.28. The molecule has 5 nitrogen and oxygen atoms in total. The quantitative estimate of drug-likeness (QED) is 0.720. The standard InChI is InChI=1S/C18H17N3O2S/c1-13-4-6-16(7-5-13)24(22,23)21-10-8-17-15(12-21)11-14-3-2-9-19-18(14)20-17/h2-7,9,11H,8,10,12H2,1H3. The van der Waals surface area contributed by atoms with Gasteiger partial charge in [-0.25, -0.2) is 18.4 Å². The van der Waals surface area contributed by atoms with Gasteiger partial charge in [0.05, 0.1) is 4.90 Å². The maximum Gasteiger partial charge on any atom is 0.243 e. The van der Waals surface area contributed by atoms with Crippen LogP contribution in [0.15, 0.2) is 53.6 Å². The summed E-state index contributed by atoms with van der Waals surface area (Å²) >= 11 is 0. The highest BCUT2D eigenvalue weighted by molar-refractivity contribution is 7.89. The Bertz CT molecular complexity index is 1010. The van der Waals surface area contributed by atoms with Crippen molar-refractivity contribution in [3.63, 3.8) is 0 Å². The van der Waals surface area contributed by atoms with Gasteiger partial charge < -0.3 is 0 Å². The fraction of sp³-hybridized carbons (Fsp3) is 0.222. The Morgan fingerprint density at radius 1 is 1.12 bits per heavy atom. The molecule has 0 bridgehead atoms. The van der Waals surface area contributed by atoms with Crippen LogP contribution in [0.5, 0.6) is 0 Å². The van der Waals surface area contributed by atoms with E-state index < -0.39 is 10.0 Å². The summed E-state index contributed by atoms with van der Waals surface area (Å²) in [6, 6.07) is 12.8. The zero-order valence-electron chi connectivity index (χ0n) is 13.3. The average Bonchev–Trinajstić information content (AvgIpc) is 2.59. The van der Waals surface area contributed by atoms with Crippen molar-refractivity contribution in [2.24, 2.45) is 0 Å². The molecule has 6 heteroatoms. The molecule has 2 aromatic heterocycles. The van der Waals surface area contributed by atoms with Crippen LogP contribution in [0.25, 0.3) is 11.0 Å². The number of aromatic nitrogens is 2. The van der Waals surface area contributed by atoms with E-state index in [-0.39, 0.29) is 0 Å². The minimum absolute atomic E-state index is 0.340. The normalized spacial score (nSPS) is 15.4. The summed E-state index contributed by atoms with van der Waals surface area (Å²) in [4.78, 5) is 9.19. The Hall–Kier alpha value is -2.31. The molecule has 1 aromatic carbocycles. The van der Waals surface area contributed by atoms with Gasteiger partial charge in [-0.15, -0.1) is 0 Å². The lowest BCUT2D eigenvalue weighted by Crippen LogP contribution is -2.36. The molecule has 0 atom stereocenters. The van der Waals surface area contributed by atoms with E-state index in [2.05, 4.69) is 9.97 Å². The SMILES string of the molecule is Cc1ccc(S(=O)(=O)N2CCc3nc4ncccc4cc3C2)cc1. The molecule has 0 saturated heterocycles. The van der Waals surface area contributed by atoms with Crippen molar-refractivity contribution in [3.8, 4) is 0 Å². The summed E-state index contributed by atoms with van der Waals surface area (Å²) in [7, 11) is -3.48. The number of fused-ring (bicyclic) bond motifs is 2. The molecule has 4 rings (SSSR count). The fourth-order valence-corrected chi connectivity index (χ4v) is 4.42. The van der Waals surface area contributed by atoms with E-state index in [9.17, 15) is 8.42 Å². The summed E-state index contributed by atoms with van der Waals surface area (Å²) in [5.74, 6) is 0. The molecule has 0 spiro atoms. The monoisotopic (exact) mass is 339 g/mol. The first kappa shape index (κ1) is 15.2. The largest absolute Gasteiger partial charge is 0.243 e. The van der Waals surface area contributed by atoms with Crippen LogP contribution in [0.3, 0.4) is 0 Å². The van der Waals surface area contributed by atoms with Crippen LogP contribution in [-0.4, -0.2) is 29.2 Å². The van der Waals surface area contributed by atoms with E-state index in [4.69, 9.17) is 0 Å². The molecule has 0 saturated carbocycles. The van der Waals surface area contributed by atoms with Crippen molar-refractivity contribution in [3.05, 3.63) is 65.5 Å². The van der Waals surface area contributed by atoms with Gasteiger partial charge in [0.1, 0.15) is 0 Å². The zero-order chi connectivity index (χ0) is 16.7. The third kappa shape index (κ3) is 2.57. The lowest BCUT2D eigenvalue weighted by Gasteiger charge is -2.27. The van der Waals surface area contributed by atoms with E-state index in [1.165, 1.54) is 4.31 Å². The van der Waals surface area contributed by atoms with Crippen LogP contribution in [0.1, 0.15) is 16.8 Å². The van der Waals surface area contributed by atoms with Gasteiger partial charge in [0.15, 0.2) is 5.65 Å². The maximum absolute atomic E-state index is 12.9. The summed E-state index contributed by atoms with van der Waals surface area (Å²) in [6.45, 7) is 2.73. The molecule has 0 aliphatic carbocycles. The molecule has 0 amide bonds. The molecule has 1 aliphatic heterocycles. The third-order valence-electron chi connectivity index (χ3n) is 4.36. The average molecular weight is 339 g/mol. The molecule has 0 unspecified atom stereocenters. The first-order valence-electron chi connectivity index (χ1n) is 7.84. The predicted molar refractivity (Wildman–Crippen MR) is 92.0 cm³/mol. The van der Waals surface area contributed by atoms with Crippen molar-refractivity contribution < 1.29 is 8.42 Å². The summed E-state index contributed by atoms with van der Waals surface area (Å²) < 4.78 is 27.3. The minimum Gasteiger partial charge on any atom is -0.237 e. The molecule has 1 aliphatic rings. The Balaban J connectivity index is 1.70. The smallest absolute Gasteiger partial charge is 0.237 e. The lowest BCUT2D eigenvalue weighted by molar-refractivity contribution is 0.388. The Morgan fingerprint density at radius 2 is 1.92 bits per heavy atom. The summed E-state index contributed by atoms with van der Waals surface area (Å²) in [5.41, 5.74) is 3.65. The van der Waals surface area contributed by atoms with Crippen LogP contribution in [0.4, 0.5) is 0 Å². The van der Waals surface area contributed by atoms with Gasteiger partial charge in [-0.3, -0.25) is 0 Å². The fourth-order valence-electron chi connectivity index (χ4n) is 3.00. The number of hydrogen-bond donors (Lipinski definition) is 0. The Morgan fingerprint density at radius 3 is 2.71 bits per heavy atom. The Labute approximate surface area is 141 Å². The van der Waals surface area contributed by atoms with Gasteiger partial charge in [-0.1, -0.05) is 17.7 Å². The first-order chi connectivity index (χ1) is 11.5. The molecule has 3 heterocycles. The van der Waals surface area contributed by atoms with Crippen molar-refractivity contribution in [1.29, 1.82) is 0 Å². The van der Waals surface area contributed by atoms with Gasteiger partial charge in [0, 0.05) is 36.8 Å². The van der Waals surface area contributed by atoms with Gasteiger partial charge >= 0.3 is 0 Å². The number of hydrogen-bond acceptors (Lipinski definition) is 4. The number of sulfonamides is 1. The van der Waals surface area contributed by atoms with E-state index >= 15 is 0 Å². The van der Waals surface area contributed by atoms with E-state index in [0.29, 0.717) is 30.1 Å². The molecule has 3 aromatic rings. The maximum atomic E-state index is 12.9. The number of rotatable bonds is 2. The zero-order valence-corrected chi connectivity index (χ0v) is 14.1. The van der Waals surface area contributed by atoms with Crippen LogP contribution < -0.4 is 0 Å². The summed E-state index contributed by atoms with van der Waals surface area (Å²) in [5, 5.41) is 0.936. The molecular formula is C18H17N3O2S. The molecule has 0 fully saturated rings. The lowest BCUT2D eigenvalue weighted by atomic mass is 10.1. The second-order valence-electron chi connectivity index (χ2n) is 6.05. The number of benzene rings is 1. The number of pyridine rings is 2. The van der Waals surface area contributed by atoms with Gasteiger partial charge in [-0.2, -0.15) is 4.31 Å². The van der Waals surface area contributed by atoms with Crippen molar-refractivity contribution in [1.82, 2.24) is 14.3 Å². The van der Waals surface area contributed by atoms with Gasteiger partial charge in [-0.05, 0) is 42.8 Å². The topological polar surface area (TPSA) is 63.2 Å². The predicted octanol–water partition coefficient (Wildman–Crippen LogP) is 2.69. The van der Waals surface area contributed by atoms with E-state index in [0.717, 1.165) is 22.2 Å². The van der Waals surface area contributed by atoms with Crippen molar-refractivity contribution in [2.45, 2.75) is 24.8 Å². The highest BCUT2D eigenvalue weighted by Crippen LogP contribution is 2.26. The highest BCUT2D eigenvalue weighted by atomic mass is 32.2. The van der Waals surface area contributed by atoms with Crippen LogP contribution in [-0.2, 0) is 23.0 Å². The third-order valence-corrected chi connectivity index (χ3v) is 6.22. The minimum atomic E-state index is -3.48. The van der Waals surface area contributed by atoms with Gasteiger partial charge in [0.25, 0.3) is 0 Å². The van der Waals surface area contributed by atoms with E-state index in [1.807, 2.05) is 37.3 Å². The highest BCUT2D eigenvalue weighted by Gasteiger charge is 2.29. The van der Waals surface area contributed by atoms with Crippen LogP contribution in [0.2, 0.25) is 0 Å². The second kappa shape index (κ2) is 5.65. The second-order valence-corrected chi connectivity index (χ2v) is 7.98. The molecule has 122 valence electrons. The summed E-state index contributed by atoms with van der Waals surface area (Å²) in [6.07, 6.45) is 2.33. The van der Waals surface area contributed by atoms with Crippen LogP contribution >= 0.6 is 0 Å². The number of aryl methyl sites for hydroxylation is 1. The number of nitrogens with zero attached hydrogens (tertiary/aromatic N) is 3. The molecule has 0 N–H and O–H groups in total. The molecular weight excluding hydrogens is 322 g/mol. The van der Waals surface area contributed by atoms with Crippen molar-refractivity contribution in [2.75, 3.05) is 6.54 Å². The molecule has 0 radical (unpaired) electrons. The Kier molecular flexibility index (Phi) is 3.58. The van der Waals surface area contributed by atoms with Gasteiger partial charge in [0.2, 0.25) is 10.0 Å².